The van der Waals surface area contributed by atoms with Crippen LogP contribution in [0.15, 0.2) is 24.7 Å². The number of nitrogens with one attached hydrogen (secondary N) is 1. The van der Waals surface area contributed by atoms with Crippen LogP contribution in [0.3, 0.4) is 0 Å². The summed E-state index contributed by atoms with van der Waals surface area (Å²) in [6.45, 7) is 2.90. The van der Waals surface area contributed by atoms with Gasteiger partial charge in [-0.15, -0.1) is 0 Å². The first kappa shape index (κ1) is 13.2. The van der Waals surface area contributed by atoms with Crippen molar-refractivity contribution in [2.75, 3.05) is 31.1 Å². The molecule has 2 aromatic rings. The summed E-state index contributed by atoms with van der Waals surface area (Å²) in [6, 6.07) is 1.91. The first-order valence-corrected chi connectivity index (χ1v) is 7.67. The van der Waals surface area contributed by atoms with Gasteiger partial charge in [-0.25, -0.2) is 4.98 Å². The molecule has 1 N–H and O–H groups in total. The molecule has 0 atom stereocenters. The zero-order valence-electron chi connectivity index (χ0n) is 12.3. The normalized spacial score (nSPS) is 18.5. The molecule has 1 aliphatic heterocycles. The van der Waals surface area contributed by atoms with Gasteiger partial charge in [-0.05, 0) is 18.9 Å². The molecule has 0 bridgehead atoms. The molecular weight excluding hydrogens is 280 g/mol. The predicted octanol–water partition coefficient (Wildman–Crippen LogP) is 1.04. The Morgan fingerprint density at radius 3 is 2.68 bits per heavy atom. The van der Waals surface area contributed by atoms with Crippen molar-refractivity contribution in [3.05, 3.63) is 36.0 Å². The number of H-pyrrole nitrogens is 1. The van der Waals surface area contributed by atoms with Gasteiger partial charge in [-0.2, -0.15) is 5.10 Å². The molecule has 4 rings (SSSR count). The summed E-state index contributed by atoms with van der Waals surface area (Å²) in [5, 5.41) is 7.17. The third-order valence-corrected chi connectivity index (χ3v) is 4.27. The second-order valence-corrected chi connectivity index (χ2v) is 5.83. The van der Waals surface area contributed by atoms with Crippen LogP contribution in [0.4, 0.5) is 5.82 Å². The zero-order valence-corrected chi connectivity index (χ0v) is 12.3. The van der Waals surface area contributed by atoms with Gasteiger partial charge in [0.2, 0.25) is 0 Å². The fraction of sp³-hybridized carbons (Fsp3) is 0.467. The molecule has 1 saturated carbocycles. The summed E-state index contributed by atoms with van der Waals surface area (Å²) in [6.07, 6.45) is 7.51. The van der Waals surface area contributed by atoms with Crippen LogP contribution in [0.2, 0.25) is 0 Å². The molecule has 114 valence electrons. The van der Waals surface area contributed by atoms with Gasteiger partial charge in [0.25, 0.3) is 5.91 Å². The monoisotopic (exact) mass is 298 g/mol. The molecule has 7 heteroatoms. The average molecular weight is 298 g/mol. The topological polar surface area (TPSA) is 78.0 Å². The maximum Gasteiger partial charge on any atom is 0.274 e. The second kappa shape index (κ2) is 5.40. The molecule has 1 saturated heterocycles. The number of piperazine rings is 1. The Balaban J connectivity index is 1.39. The van der Waals surface area contributed by atoms with Crippen LogP contribution >= 0.6 is 0 Å². The van der Waals surface area contributed by atoms with Gasteiger partial charge < -0.3 is 9.80 Å². The number of hydrogen-bond acceptors (Lipinski definition) is 5. The Bertz CT molecular complexity index is 658. The minimum atomic E-state index is 0.0157. The number of nitrogens with zero attached hydrogens (tertiary/aromatic N) is 5. The van der Waals surface area contributed by atoms with Crippen molar-refractivity contribution in [3.63, 3.8) is 0 Å². The minimum absolute atomic E-state index is 0.0157. The van der Waals surface area contributed by atoms with Crippen molar-refractivity contribution in [2.45, 2.75) is 18.8 Å². The number of aromatic nitrogens is 4. The molecule has 22 heavy (non-hydrogen) atoms. The highest BCUT2D eigenvalue weighted by Crippen LogP contribution is 2.39. The summed E-state index contributed by atoms with van der Waals surface area (Å²) in [5.41, 5.74) is 1.64. The quantitative estimate of drug-likeness (QED) is 0.916. The van der Waals surface area contributed by atoms with E-state index in [4.69, 9.17) is 0 Å². The molecule has 0 aromatic carbocycles. The minimum Gasteiger partial charge on any atom is -0.352 e. The lowest BCUT2D eigenvalue weighted by Gasteiger charge is -2.34. The number of amides is 1. The van der Waals surface area contributed by atoms with Crippen molar-refractivity contribution < 1.29 is 4.79 Å². The lowest BCUT2D eigenvalue weighted by molar-refractivity contribution is 0.0740. The molecule has 2 aromatic heterocycles. The fourth-order valence-corrected chi connectivity index (χ4v) is 2.80. The zero-order chi connectivity index (χ0) is 14.9. The van der Waals surface area contributed by atoms with E-state index in [2.05, 4.69) is 25.1 Å². The van der Waals surface area contributed by atoms with Crippen molar-refractivity contribution in [3.8, 4) is 0 Å². The Morgan fingerprint density at radius 2 is 2.00 bits per heavy atom. The van der Waals surface area contributed by atoms with Crippen molar-refractivity contribution >= 4 is 11.7 Å². The van der Waals surface area contributed by atoms with E-state index < -0.39 is 0 Å². The second-order valence-electron chi connectivity index (χ2n) is 5.83. The third kappa shape index (κ3) is 2.54. The Morgan fingerprint density at radius 1 is 1.18 bits per heavy atom. The first-order chi connectivity index (χ1) is 10.8. The molecular formula is C15H18N6O. The summed E-state index contributed by atoms with van der Waals surface area (Å²) >= 11 is 0. The fourth-order valence-electron chi connectivity index (χ4n) is 2.80. The van der Waals surface area contributed by atoms with E-state index in [1.54, 1.807) is 18.6 Å². The largest absolute Gasteiger partial charge is 0.352 e. The highest BCUT2D eigenvalue weighted by atomic mass is 16.2. The van der Waals surface area contributed by atoms with Gasteiger partial charge in [-0.3, -0.25) is 14.9 Å². The SMILES string of the molecule is O=C(c1cc(C2CC2)[nH]n1)N1CCN(c2cnccn2)CC1. The average Bonchev–Trinajstić information content (AvgIpc) is 3.32. The van der Waals surface area contributed by atoms with E-state index in [9.17, 15) is 4.79 Å². The summed E-state index contributed by atoms with van der Waals surface area (Å²) in [5.74, 6) is 1.47. The molecule has 7 nitrogen and oxygen atoms in total. The van der Waals surface area contributed by atoms with Crippen LogP contribution in [0.1, 0.15) is 34.9 Å². The van der Waals surface area contributed by atoms with Gasteiger partial charge in [0.1, 0.15) is 11.5 Å². The van der Waals surface area contributed by atoms with Crippen LogP contribution in [0, 0.1) is 0 Å². The highest BCUT2D eigenvalue weighted by Gasteiger charge is 2.28. The first-order valence-electron chi connectivity index (χ1n) is 7.67. The van der Waals surface area contributed by atoms with E-state index >= 15 is 0 Å². The predicted molar refractivity (Wildman–Crippen MR) is 80.7 cm³/mol. The third-order valence-electron chi connectivity index (χ3n) is 4.27. The van der Waals surface area contributed by atoms with E-state index in [1.165, 1.54) is 12.8 Å². The number of anilines is 1. The van der Waals surface area contributed by atoms with Gasteiger partial charge in [0.15, 0.2) is 0 Å². The van der Waals surface area contributed by atoms with Crippen molar-refractivity contribution in [1.29, 1.82) is 0 Å². The Kier molecular flexibility index (Phi) is 3.25. The van der Waals surface area contributed by atoms with Gasteiger partial charge >= 0.3 is 0 Å². The van der Waals surface area contributed by atoms with Gasteiger partial charge in [0.05, 0.1) is 6.20 Å². The highest BCUT2D eigenvalue weighted by molar-refractivity contribution is 5.92. The van der Waals surface area contributed by atoms with Crippen molar-refractivity contribution in [2.24, 2.45) is 0 Å². The van der Waals surface area contributed by atoms with Crippen LogP contribution in [0.5, 0.6) is 0 Å². The molecule has 2 aliphatic rings. The molecule has 0 spiro atoms. The standard InChI is InChI=1S/C15H18N6O/c22-15(13-9-12(18-19-13)11-1-2-11)21-7-5-20(6-8-21)14-10-16-3-4-17-14/h3-4,9-11H,1-2,5-8H2,(H,18,19). The summed E-state index contributed by atoms with van der Waals surface area (Å²) in [4.78, 5) is 24.9. The molecule has 2 fully saturated rings. The van der Waals surface area contributed by atoms with E-state index in [0.29, 0.717) is 24.7 Å². The van der Waals surface area contributed by atoms with Crippen LogP contribution < -0.4 is 4.90 Å². The Hall–Kier alpha value is -2.44. The van der Waals surface area contributed by atoms with Crippen LogP contribution in [-0.2, 0) is 0 Å². The smallest absolute Gasteiger partial charge is 0.274 e. The lowest BCUT2D eigenvalue weighted by atomic mass is 10.2. The number of rotatable bonds is 3. The maximum absolute atomic E-state index is 12.5. The van der Waals surface area contributed by atoms with E-state index in [1.807, 2.05) is 11.0 Å². The van der Waals surface area contributed by atoms with Gasteiger partial charge in [0, 0.05) is 50.2 Å². The summed E-state index contributed by atoms with van der Waals surface area (Å²) < 4.78 is 0. The van der Waals surface area contributed by atoms with Crippen molar-refractivity contribution in [1.82, 2.24) is 25.1 Å². The molecule has 3 heterocycles. The number of carbonyl (C=O) groups is 1. The molecule has 0 radical (unpaired) electrons. The number of carbonyl (C=O) groups excluding carboxylic acids is 1. The van der Waals surface area contributed by atoms with E-state index in [0.717, 1.165) is 24.6 Å². The molecule has 1 aliphatic carbocycles. The maximum atomic E-state index is 12.5. The summed E-state index contributed by atoms with van der Waals surface area (Å²) in [7, 11) is 0. The molecule has 1 amide bonds. The Labute approximate surface area is 128 Å². The number of hydrogen-bond donors (Lipinski definition) is 1. The molecule has 0 unspecified atom stereocenters. The van der Waals surface area contributed by atoms with E-state index in [-0.39, 0.29) is 5.91 Å². The van der Waals surface area contributed by atoms with Crippen LogP contribution in [0.25, 0.3) is 0 Å². The van der Waals surface area contributed by atoms with Gasteiger partial charge in [-0.1, -0.05) is 0 Å². The van der Waals surface area contributed by atoms with Crippen LogP contribution in [-0.4, -0.2) is 57.2 Å². The number of aromatic amines is 1. The lowest BCUT2D eigenvalue weighted by Crippen LogP contribution is -2.49.